The molecule has 8 nitrogen and oxygen atoms in total. The minimum Gasteiger partial charge on any atom is -0.497 e. The highest BCUT2D eigenvalue weighted by atomic mass is 32.1. The Morgan fingerprint density at radius 1 is 1.11 bits per heavy atom. The van der Waals surface area contributed by atoms with Gasteiger partial charge in [0.2, 0.25) is 0 Å². The summed E-state index contributed by atoms with van der Waals surface area (Å²) >= 11 is 1.76. The normalized spacial score (nSPS) is 14.1. The van der Waals surface area contributed by atoms with Crippen LogP contribution in [-0.2, 0) is 31.0 Å². The number of methoxy groups -OCH3 is 1. The average Bonchev–Trinajstić information content (AvgIpc) is 3.48. The van der Waals surface area contributed by atoms with E-state index < -0.39 is 0 Å². The van der Waals surface area contributed by atoms with E-state index in [1.807, 2.05) is 24.3 Å². The molecule has 6 rings (SSSR count). The summed E-state index contributed by atoms with van der Waals surface area (Å²) in [5.41, 5.74) is 4.45. The lowest BCUT2D eigenvalue weighted by atomic mass is 10.0. The van der Waals surface area contributed by atoms with E-state index in [0.29, 0.717) is 5.82 Å². The van der Waals surface area contributed by atoms with Crippen molar-refractivity contribution >= 4 is 33.4 Å². The van der Waals surface area contributed by atoms with E-state index in [1.54, 1.807) is 35.5 Å². The first kappa shape index (κ1) is 21.7. The Bertz CT molecular complexity index is 1490. The minimum absolute atomic E-state index is 0.188. The molecule has 0 aliphatic carbocycles. The van der Waals surface area contributed by atoms with E-state index in [9.17, 15) is 0 Å². The summed E-state index contributed by atoms with van der Waals surface area (Å²) in [4.78, 5) is 19.8. The van der Waals surface area contributed by atoms with Gasteiger partial charge in [-0.15, -0.1) is 16.4 Å². The number of hydrogen-bond acceptors (Lipinski definition) is 8. The molecule has 4 heterocycles. The second-order valence-corrected chi connectivity index (χ2v) is 9.54. The Balaban J connectivity index is 1.18. The van der Waals surface area contributed by atoms with Crippen LogP contribution in [0.25, 0.3) is 15.9 Å². The Morgan fingerprint density at radius 2 is 1.97 bits per heavy atom. The van der Waals surface area contributed by atoms with Crippen LogP contribution in [0.15, 0.2) is 66.1 Å². The lowest BCUT2D eigenvalue weighted by molar-refractivity contribution is 0.126. The van der Waals surface area contributed by atoms with Crippen LogP contribution >= 0.6 is 11.3 Å². The van der Waals surface area contributed by atoms with Gasteiger partial charge < -0.3 is 9.57 Å². The maximum absolute atomic E-state index is 5.46. The summed E-state index contributed by atoms with van der Waals surface area (Å²) in [6, 6.07) is 18.2. The number of oxime groups is 1. The maximum Gasteiger partial charge on any atom is 0.192 e. The molecule has 0 fully saturated rings. The zero-order valence-corrected chi connectivity index (χ0v) is 20.1. The molecule has 1 aliphatic heterocycles. The summed E-state index contributed by atoms with van der Waals surface area (Å²) in [7, 11) is 1.64. The zero-order chi connectivity index (χ0) is 23.6. The van der Waals surface area contributed by atoms with E-state index in [-0.39, 0.29) is 6.61 Å². The summed E-state index contributed by atoms with van der Waals surface area (Å²) in [5.74, 6) is 1.38. The van der Waals surface area contributed by atoms with Gasteiger partial charge in [-0.1, -0.05) is 35.5 Å². The zero-order valence-electron chi connectivity index (χ0n) is 19.3. The fourth-order valence-corrected chi connectivity index (χ4v) is 5.63. The van der Waals surface area contributed by atoms with Crippen molar-refractivity contribution in [3.05, 3.63) is 88.3 Å². The Labute approximate surface area is 206 Å². The molecule has 0 spiro atoms. The van der Waals surface area contributed by atoms with Gasteiger partial charge in [-0.2, -0.15) is 0 Å². The molecule has 176 valence electrons. The summed E-state index contributed by atoms with van der Waals surface area (Å²) in [6.45, 7) is 3.09. The first-order chi connectivity index (χ1) is 17.3. The molecule has 1 aliphatic rings. The molecule has 5 aromatic rings. The first-order valence-corrected chi connectivity index (χ1v) is 12.3. The summed E-state index contributed by atoms with van der Waals surface area (Å²) < 4.78 is 6.92. The number of benzene rings is 2. The van der Waals surface area contributed by atoms with Crippen molar-refractivity contribution in [2.24, 2.45) is 5.16 Å². The van der Waals surface area contributed by atoms with Crippen molar-refractivity contribution in [3.63, 3.8) is 0 Å². The number of thiophene rings is 1. The number of fused-ring (bicyclic) bond motifs is 5. The third-order valence-corrected chi connectivity index (χ3v) is 7.26. The van der Waals surface area contributed by atoms with E-state index in [0.717, 1.165) is 53.2 Å². The standard InChI is InChI=1S/C26H24N6O2S/c1-33-20-9-7-18(8-10-20)13-28-34-16-23-29-25-24-21-11-12-31(14-19-5-3-2-4-6-19)15-22(21)35-26(24)27-17-32(25)30-23/h2-10,13,17H,11-12,14-16H2,1H3. The fraction of sp³-hybridized carbons (Fsp3) is 0.231. The highest BCUT2D eigenvalue weighted by Crippen LogP contribution is 2.36. The molecule has 0 saturated heterocycles. The quantitative estimate of drug-likeness (QED) is 0.251. The van der Waals surface area contributed by atoms with Crippen molar-refractivity contribution < 1.29 is 9.57 Å². The van der Waals surface area contributed by atoms with E-state index in [1.165, 1.54) is 16.0 Å². The van der Waals surface area contributed by atoms with Gasteiger partial charge in [0, 0.05) is 24.5 Å². The molecule has 2 aromatic carbocycles. The highest BCUT2D eigenvalue weighted by molar-refractivity contribution is 7.19. The number of ether oxygens (including phenoxy) is 1. The minimum atomic E-state index is 0.188. The van der Waals surface area contributed by atoms with Crippen LogP contribution in [-0.4, -0.2) is 44.4 Å². The van der Waals surface area contributed by atoms with Gasteiger partial charge in [0.1, 0.15) is 16.9 Å². The van der Waals surface area contributed by atoms with Gasteiger partial charge in [-0.25, -0.2) is 14.5 Å². The highest BCUT2D eigenvalue weighted by Gasteiger charge is 2.24. The van der Waals surface area contributed by atoms with Crippen molar-refractivity contribution in [1.82, 2.24) is 24.5 Å². The van der Waals surface area contributed by atoms with Gasteiger partial charge in [-0.3, -0.25) is 4.90 Å². The SMILES string of the molecule is COc1ccc(C=NOCc2nc3c4c5c(sc4ncn3n2)CN(Cc2ccccc2)CC5)cc1. The topological polar surface area (TPSA) is 77.1 Å². The molecular weight excluding hydrogens is 460 g/mol. The third-order valence-electron chi connectivity index (χ3n) is 6.14. The molecular formula is C26H24N6O2S. The lowest BCUT2D eigenvalue weighted by Crippen LogP contribution is -2.29. The second-order valence-electron chi connectivity index (χ2n) is 8.45. The van der Waals surface area contributed by atoms with Crippen LogP contribution < -0.4 is 4.74 Å². The van der Waals surface area contributed by atoms with Crippen LogP contribution in [0.3, 0.4) is 0 Å². The molecule has 0 radical (unpaired) electrons. The van der Waals surface area contributed by atoms with Gasteiger partial charge >= 0.3 is 0 Å². The maximum atomic E-state index is 5.46. The van der Waals surface area contributed by atoms with E-state index in [2.05, 4.69) is 50.5 Å². The van der Waals surface area contributed by atoms with Crippen molar-refractivity contribution in [2.75, 3.05) is 13.7 Å². The number of hydrogen-bond donors (Lipinski definition) is 0. The third kappa shape index (κ3) is 4.48. The van der Waals surface area contributed by atoms with Crippen molar-refractivity contribution in [1.29, 1.82) is 0 Å². The monoisotopic (exact) mass is 484 g/mol. The average molecular weight is 485 g/mol. The van der Waals surface area contributed by atoms with Crippen LogP contribution in [0.1, 0.15) is 27.4 Å². The van der Waals surface area contributed by atoms with Crippen LogP contribution in [0.4, 0.5) is 0 Å². The van der Waals surface area contributed by atoms with Crippen molar-refractivity contribution in [2.45, 2.75) is 26.1 Å². The lowest BCUT2D eigenvalue weighted by Gasteiger charge is -2.26. The molecule has 35 heavy (non-hydrogen) atoms. The number of rotatable bonds is 7. The predicted molar refractivity (Wildman–Crippen MR) is 136 cm³/mol. The number of aromatic nitrogens is 4. The molecule has 0 bridgehead atoms. The largest absolute Gasteiger partial charge is 0.497 e. The smallest absolute Gasteiger partial charge is 0.192 e. The summed E-state index contributed by atoms with van der Waals surface area (Å²) in [6.07, 6.45) is 4.37. The first-order valence-electron chi connectivity index (χ1n) is 11.5. The molecule has 9 heteroatoms. The Hall–Kier alpha value is -3.82. The Morgan fingerprint density at radius 3 is 2.80 bits per heavy atom. The Kier molecular flexibility index (Phi) is 5.85. The predicted octanol–water partition coefficient (Wildman–Crippen LogP) is 4.46. The molecule has 3 aromatic heterocycles. The molecule has 0 atom stereocenters. The van der Waals surface area contributed by atoms with Gasteiger partial charge in [0.05, 0.1) is 18.7 Å². The van der Waals surface area contributed by atoms with Gasteiger partial charge in [0.15, 0.2) is 18.1 Å². The van der Waals surface area contributed by atoms with Crippen LogP contribution in [0, 0.1) is 0 Å². The van der Waals surface area contributed by atoms with Gasteiger partial charge in [-0.05, 0) is 47.4 Å². The number of nitrogens with zero attached hydrogens (tertiary/aromatic N) is 6. The van der Waals surface area contributed by atoms with Crippen molar-refractivity contribution in [3.8, 4) is 5.75 Å². The fourth-order valence-electron chi connectivity index (χ4n) is 4.41. The van der Waals surface area contributed by atoms with Gasteiger partial charge in [0.25, 0.3) is 0 Å². The van der Waals surface area contributed by atoms with Crippen LogP contribution in [0.2, 0.25) is 0 Å². The second kappa shape index (κ2) is 9.44. The van der Waals surface area contributed by atoms with E-state index >= 15 is 0 Å². The molecule has 0 N–H and O–H groups in total. The van der Waals surface area contributed by atoms with Crippen LogP contribution in [0.5, 0.6) is 5.75 Å². The van der Waals surface area contributed by atoms with E-state index in [4.69, 9.17) is 14.6 Å². The molecule has 0 saturated carbocycles. The summed E-state index contributed by atoms with van der Waals surface area (Å²) in [5, 5.41) is 9.72. The molecule has 0 unspecified atom stereocenters. The molecule has 0 amide bonds.